The molecule has 0 spiro atoms. The van der Waals surface area contributed by atoms with Crippen LogP contribution in [-0.2, 0) is 11.2 Å². The van der Waals surface area contributed by atoms with Gasteiger partial charge in [-0.1, -0.05) is 44.2 Å². The first-order chi connectivity index (χ1) is 12.0. The Bertz CT molecular complexity index is 525. The molecule has 1 heterocycles. The van der Waals surface area contributed by atoms with Crippen molar-refractivity contribution in [2.45, 2.75) is 53.1 Å². The molecule has 1 aliphatic heterocycles. The lowest BCUT2D eigenvalue weighted by Crippen LogP contribution is -2.47. The summed E-state index contributed by atoms with van der Waals surface area (Å²) >= 11 is 0. The smallest absolute Gasteiger partial charge is 0.193 e. The third-order valence-electron chi connectivity index (χ3n) is 4.66. The summed E-state index contributed by atoms with van der Waals surface area (Å²) < 4.78 is 5.76. The lowest BCUT2D eigenvalue weighted by atomic mass is 9.86. The van der Waals surface area contributed by atoms with E-state index in [4.69, 9.17) is 9.73 Å². The number of halogens is 1. The average Bonchev–Trinajstić information content (AvgIpc) is 2.60. The van der Waals surface area contributed by atoms with E-state index in [-0.39, 0.29) is 29.4 Å². The van der Waals surface area contributed by atoms with Crippen molar-refractivity contribution in [2.75, 3.05) is 32.8 Å². The molecule has 4 nitrogen and oxygen atoms in total. The van der Waals surface area contributed by atoms with E-state index in [9.17, 15) is 0 Å². The zero-order chi connectivity index (χ0) is 18.1. The Morgan fingerprint density at radius 1 is 1.19 bits per heavy atom. The summed E-state index contributed by atoms with van der Waals surface area (Å²) in [5.41, 5.74) is 1.52. The number of rotatable bonds is 7. The van der Waals surface area contributed by atoms with Gasteiger partial charge in [0.05, 0.1) is 6.10 Å². The number of nitrogens with one attached hydrogen (secondary N) is 1. The minimum atomic E-state index is 0. The van der Waals surface area contributed by atoms with Gasteiger partial charge in [-0.3, -0.25) is 4.99 Å². The molecule has 5 heteroatoms. The van der Waals surface area contributed by atoms with Crippen LogP contribution in [0.25, 0.3) is 0 Å². The number of hydrogen-bond donors (Lipinski definition) is 1. The molecule has 0 amide bonds. The molecule has 0 aromatic heterocycles. The first-order valence-corrected chi connectivity index (χ1v) is 9.73. The van der Waals surface area contributed by atoms with Crippen LogP contribution in [-0.4, -0.2) is 49.7 Å². The highest BCUT2D eigenvalue weighted by Crippen LogP contribution is 2.22. The fourth-order valence-electron chi connectivity index (χ4n) is 3.39. The van der Waals surface area contributed by atoms with Crippen molar-refractivity contribution < 1.29 is 4.74 Å². The van der Waals surface area contributed by atoms with Crippen molar-refractivity contribution in [3.8, 4) is 0 Å². The van der Waals surface area contributed by atoms with Crippen molar-refractivity contribution >= 4 is 29.9 Å². The monoisotopic (exact) mass is 473 g/mol. The van der Waals surface area contributed by atoms with Crippen LogP contribution in [0.5, 0.6) is 0 Å². The van der Waals surface area contributed by atoms with Crippen molar-refractivity contribution in [3.05, 3.63) is 35.9 Å². The van der Waals surface area contributed by atoms with Crippen molar-refractivity contribution in [1.82, 2.24) is 10.2 Å². The van der Waals surface area contributed by atoms with Crippen molar-refractivity contribution in [1.29, 1.82) is 0 Å². The van der Waals surface area contributed by atoms with E-state index in [2.05, 4.69) is 68.2 Å². The van der Waals surface area contributed by atoms with E-state index < -0.39 is 0 Å². The maximum Gasteiger partial charge on any atom is 0.193 e. The number of aliphatic imine (C=N–C) groups is 1. The molecule has 0 saturated carbocycles. The molecule has 1 aliphatic rings. The highest BCUT2D eigenvalue weighted by atomic mass is 127. The SMILES string of the molecule is CCNC(=NCC(C)(C)Cc1ccccc1)N1CCC(OCC)CC1.I. The predicted molar refractivity (Wildman–Crippen MR) is 122 cm³/mol. The zero-order valence-corrected chi connectivity index (χ0v) is 19.2. The Balaban J connectivity index is 0.00000338. The summed E-state index contributed by atoms with van der Waals surface area (Å²) in [6, 6.07) is 10.7. The Morgan fingerprint density at radius 3 is 2.42 bits per heavy atom. The van der Waals surface area contributed by atoms with E-state index in [1.54, 1.807) is 0 Å². The fourth-order valence-corrected chi connectivity index (χ4v) is 3.39. The number of likely N-dealkylation sites (tertiary alicyclic amines) is 1. The lowest BCUT2D eigenvalue weighted by molar-refractivity contribution is 0.0263. The van der Waals surface area contributed by atoms with Gasteiger partial charge in [0.15, 0.2) is 5.96 Å². The van der Waals surface area contributed by atoms with E-state index in [1.165, 1.54) is 5.56 Å². The summed E-state index contributed by atoms with van der Waals surface area (Å²) in [5.74, 6) is 1.05. The molecule has 26 heavy (non-hydrogen) atoms. The predicted octanol–water partition coefficient (Wildman–Crippen LogP) is 4.34. The topological polar surface area (TPSA) is 36.9 Å². The van der Waals surface area contributed by atoms with Gasteiger partial charge in [0.2, 0.25) is 0 Å². The number of ether oxygens (including phenoxy) is 1. The Hall–Kier alpha value is -0.820. The van der Waals surface area contributed by atoms with E-state index in [0.717, 1.165) is 58.0 Å². The third-order valence-corrected chi connectivity index (χ3v) is 4.66. The number of benzene rings is 1. The molecule has 0 bridgehead atoms. The van der Waals surface area contributed by atoms with Crippen LogP contribution in [0.2, 0.25) is 0 Å². The van der Waals surface area contributed by atoms with Gasteiger partial charge in [0, 0.05) is 32.8 Å². The molecule has 1 fully saturated rings. The number of hydrogen-bond acceptors (Lipinski definition) is 2. The molecule has 1 saturated heterocycles. The molecular weight excluding hydrogens is 437 g/mol. The van der Waals surface area contributed by atoms with Gasteiger partial charge in [0.25, 0.3) is 0 Å². The van der Waals surface area contributed by atoms with E-state index in [0.29, 0.717) is 6.10 Å². The maximum absolute atomic E-state index is 5.76. The molecule has 1 N–H and O–H groups in total. The molecule has 0 unspecified atom stereocenters. The van der Waals surface area contributed by atoms with Gasteiger partial charge in [-0.25, -0.2) is 0 Å². The van der Waals surface area contributed by atoms with Crippen molar-refractivity contribution in [3.63, 3.8) is 0 Å². The Labute approximate surface area is 176 Å². The largest absolute Gasteiger partial charge is 0.378 e. The maximum atomic E-state index is 5.76. The minimum Gasteiger partial charge on any atom is -0.378 e. The van der Waals surface area contributed by atoms with Gasteiger partial charge >= 0.3 is 0 Å². The standard InChI is InChI=1S/C21H35N3O.HI/c1-5-22-20(24-14-12-19(13-15-24)25-6-2)23-17-21(3,4)16-18-10-8-7-9-11-18;/h7-11,19H,5-6,12-17H2,1-4H3,(H,22,23);1H. The highest BCUT2D eigenvalue weighted by molar-refractivity contribution is 14.0. The summed E-state index contributed by atoms with van der Waals surface area (Å²) in [6.45, 7) is 13.4. The molecule has 2 rings (SSSR count). The van der Waals surface area contributed by atoms with Gasteiger partial charge in [-0.15, -0.1) is 24.0 Å². The van der Waals surface area contributed by atoms with E-state index >= 15 is 0 Å². The van der Waals surface area contributed by atoms with Crippen LogP contribution in [0, 0.1) is 5.41 Å². The van der Waals surface area contributed by atoms with Crippen LogP contribution >= 0.6 is 24.0 Å². The molecule has 148 valence electrons. The van der Waals surface area contributed by atoms with E-state index in [1.807, 2.05) is 0 Å². The molecule has 0 radical (unpaired) electrons. The first kappa shape index (κ1) is 23.2. The summed E-state index contributed by atoms with van der Waals surface area (Å²) in [5, 5.41) is 3.47. The van der Waals surface area contributed by atoms with Crippen LogP contribution < -0.4 is 5.32 Å². The molecular formula is C21H36IN3O. The van der Waals surface area contributed by atoms with Gasteiger partial charge in [-0.05, 0) is 44.1 Å². The molecule has 0 aliphatic carbocycles. The summed E-state index contributed by atoms with van der Waals surface area (Å²) in [7, 11) is 0. The second-order valence-corrected chi connectivity index (χ2v) is 7.64. The van der Waals surface area contributed by atoms with Gasteiger partial charge in [-0.2, -0.15) is 0 Å². The zero-order valence-electron chi connectivity index (χ0n) is 16.8. The summed E-state index contributed by atoms with van der Waals surface area (Å²) in [4.78, 5) is 7.35. The molecule has 1 aromatic carbocycles. The average molecular weight is 473 g/mol. The van der Waals surface area contributed by atoms with Crippen LogP contribution in [0.4, 0.5) is 0 Å². The summed E-state index contributed by atoms with van der Waals surface area (Å²) in [6.07, 6.45) is 3.64. The van der Waals surface area contributed by atoms with Gasteiger partial charge in [0.1, 0.15) is 0 Å². The normalized spacial score (nSPS) is 16.3. The Kier molecular flexibility index (Phi) is 10.5. The van der Waals surface area contributed by atoms with Crippen LogP contribution in [0.3, 0.4) is 0 Å². The fraction of sp³-hybridized carbons (Fsp3) is 0.667. The second kappa shape index (κ2) is 11.8. The number of guanidine groups is 1. The second-order valence-electron chi connectivity index (χ2n) is 7.64. The third kappa shape index (κ3) is 7.82. The highest BCUT2D eigenvalue weighted by Gasteiger charge is 2.23. The quantitative estimate of drug-likeness (QED) is 0.364. The van der Waals surface area contributed by atoms with Crippen LogP contribution in [0.1, 0.15) is 46.1 Å². The molecule has 1 aromatic rings. The number of piperidine rings is 1. The number of nitrogens with zero attached hydrogens (tertiary/aromatic N) is 2. The Morgan fingerprint density at radius 2 is 1.85 bits per heavy atom. The first-order valence-electron chi connectivity index (χ1n) is 9.73. The minimum absolute atomic E-state index is 0. The van der Waals surface area contributed by atoms with Crippen LogP contribution in [0.15, 0.2) is 35.3 Å². The van der Waals surface area contributed by atoms with Crippen molar-refractivity contribution in [2.24, 2.45) is 10.4 Å². The lowest BCUT2D eigenvalue weighted by Gasteiger charge is -2.34. The molecule has 0 atom stereocenters. The van der Waals surface area contributed by atoms with Gasteiger partial charge < -0.3 is 15.0 Å².